The van der Waals surface area contributed by atoms with Gasteiger partial charge in [-0.15, -0.1) is 0 Å². The maximum atomic E-state index is 15.5. The van der Waals surface area contributed by atoms with Crippen molar-refractivity contribution in [3.05, 3.63) is 66.6 Å². The Labute approximate surface area is 228 Å². The minimum absolute atomic E-state index is 0.167. The van der Waals surface area contributed by atoms with Crippen molar-refractivity contribution in [1.82, 2.24) is 29.4 Å². The van der Waals surface area contributed by atoms with E-state index in [1.165, 1.54) is 13.2 Å². The van der Waals surface area contributed by atoms with Crippen LogP contribution in [0.2, 0.25) is 0 Å². The van der Waals surface area contributed by atoms with Gasteiger partial charge in [0.25, 0.3) is 0 Å². The molecule has 0 spiro atoms. The maximum absolute atomic E-state index is 15.5. The van der Waals surface area contributed by atoms with Gasteiger partial charge in [0, 0.05) is 54.1 Å². The Morgan fingerprint density at radius 3 is 2.67 bits per heavy atom. The molecule has 202 valence electrons. The number of nitrogens with zero attached hydrogens (tertiary/aromatic N) is 7. The standard InChI is InChI=1S/C29H25F2N7O2/c1-17-36-25-15-35-24-14-22(30)20(19-5-4-18(12-27(19)39-2)40-29-33-8-3-9-34-29)13-21(24)28(25)38(17)26-6-10-37(11-7-32)16-23(26)31/h3-5,8-9,12-15,23,26H,6,10-11,16H2,1-2H3/t23-,26+/m1/s1. The van der Waals surface area contributed by atoms with Gasteiger partial charge in [-0.1, -0.05) is 0 Å². The number of pyridine rings is 1. The van der Waals surface area contributed by atoms with Crippen LogP contribution in [0.3, 0.4) is 0 Å². The molecule has 11 heteroatoms. The van der Waals surface area contributed by atoms with E-state index in [-0.39, 0.29) is 19.1 Å². The van der Waals surface area contributed by atoms with Crippen LogP contribution in [-0.2, 0) is 0 Å². The quantitative estimate of drug-likeness (QED) is 0.264. The second-order valence-electron chi connectivity index (χ2n) is 9.63. The third-order valence-electron chi connectivity index (χ3n) is 7.21. The molecule has 9 nitrogen and oxygen atoms in total. The highest BCUT2D eigenvalue weighted by Crippen LogP contribution is 2.39. The lowest BCUT2D eigenvalue weighted by Crippen LogP contribution is -2.43. The molecule has 0 unspecified atom stereocenters. The molecule has 3 aromatic heterocycles. The second-order valence-corrected chi connectivity index (χ2v) is 9.63. The van der Waals surface area contributed by atoms with Gasteiger partial charge in [0.2, 0.25) is 0 Å². The number of halogens is 2. The Balaban J connectivity index is 1.45. The molecule has 2 aromatic carbocycles. The van der Waals surface area contributed by atoms with Crippen LogP contribution in [0.4, 0.5) is 8.78 Å². The SMILES string of the molecule is COc1cc(Oc2ncccn2)ccc1-c1cc2c(cc1F)ncc1nc(C)n([C@H]3CCN(CC#N)C[C@H]3F)c12. The third-order valence-corrected chi connectivity index (χ3v) is 7.21. The molecule has 5 aromatic rings. The average Bonchev–Trinajstić information content (AvgIpc) is 3.29. The van der Waals surface area contributed by atoms with Crippen LogP contribution in [0, 0.1) is 24.1 Å². The fraction of sp³-hybridized carbons (Fsp3) is 0.276. The molecule has 2 atom stereocenters. The van der Waals surface area contributed by atoms with Gasteiger partial charge in [-0.2, -0.15) is 5.26 Å². The number of alkyl halides is 1. The largest absolute Gasteiger partial charge is 0.496 e. The molecule has 0 amide bonds. The van der Waals surface area contributed by atoms with Crippen LogP contribution in [0.1, 0.15) is 18.3 Å². The van der Waals surface area contributed by atoms with Crippen LogP contribution >= 0.6 is 0 Å². The number of hydrogen-bond acceptors (Lipinski definition) is 8. The highest BCUT2D eigenvalue weighted by molar-refractivity contribution is 6.04. The summed E-state index contributed by atoms with van der Waals surface area (Å²) in [7, 11) is 1.50. The first-order chi connectivity index (χ1) is 19.5. The number of hydrogen-bond donors (Lipinski definition) is 0. The number of methoxy groups -OCH3 is 1. The summed E-state index contributed by atoms with van der Waals surface area (Å²) in [6.45, 7) is 2.79. The van der Waals surface area contributed by atoms with Gasteiger partial charge in [0.1, 0.15) is 34.8 Å². The number of fused-ring (bicyclic) bond motifs is 3. The Bertz CT molecular complexity index is 1750. The van der Waals surface area contributed by atoms with Crippen molar-refractivity contribution >= 4 is 21.9 Å². The molecule has 0 bridgehead atoms. The van der Waals surface area contributed by atoms with Crippen molar-refractivity contribution in [3.63, 3.8) is 0 Å². The maximum Gasteiger partial charge on any atom is 0.321 e. The molecule has 0 saturated carbocycles. The monoisotopic (exact) mass is 541 g/mol. The topological polar surface area (TPSA) is 102 Å². The highest BCUT2D eigenvalue weighted by Gasteiger charge is 2.33. The zero-order valence-electron chi connectivity index (χ0n) is 21.9. The predicted octanol–water partition coefficient (Wildman–Crippen LogP) is 5.40. The van der Waals surface area contributed by atoms with Crippen LogP contribution in [0.5, 0.6) is 17.5 Å². The first-order valence-corrected chi connectivity index (χ1v) is 12.8. The molecule has 1 fully saturated rings. The molecule has 1 saturated heterocycles. The Morgan fingerprint density at radius 2 is 1.93 bits per heavy atom. The minimum atomic E-state index is -1.19. The summed E-state index contributed by atoms with van der Waals surface area (Å²) in [5.74, 6) is 1.00. The van der Waals surface area contributed by atoms with E-state index >= 15 is 8.78 Å². The number of ether oxygens (including phenoxy) is 2. The van der Waals surface area contributed by atoms with Crippen molar-refractivity contribution in [2.75, 3.05) is 26.7 Å². The van der Waals surface area contributed by atoms with E-state index in [2.05, 4.69) is 26.0 Å². The summed E-state index contributed by atoms with van der Waals surface area (Å²) in [5.41, 5.74) is 2.55. The summed E-state index contributed by atoms with van der Waals surface area (Å²) in [5, 5.41) is 9.69. The molecule has 0 radical (unpaired) electrons. The van der Waals surface area contributed by atoms with Crippen LogP contribution in [-0.4, -0.2) is 62.3 Å². The fourth-order valence-electron chi connectivity index (χ4n) is 5.42. The third kappa shape index (κ3) is 4.56. The number of likely N-dealkylation sites (tertiary alicyclic amines) is 1. The van der Waals surface area contributed by atoms with Gasteiger partial charge in [0.15, 0.2) is 0 Å². The van der Waals surface area contributed by atoms with E-state index in [0.717, 1.165) is 0 Å². The van der Waals surface area contributed by atoms with Crippen LogP contribution in [0.25, 0.3) is 33.1 Å². The number of rotatable bonds is 6. The Hall–Kier alpha value is -4.69. The Kier molecular flexibility index (Phi) is 6.69. The fourth-order valence-corrected chi connectivity index (χ4v) is 5.42. The molecule has 6 rings (SSSR count). The molecule has 0 aliphatic carbocycles. The number of imidazole rings is 1. The van der Waals surface area contributed by atoms with E-state index in [0.29, 0.717) is 63.4 Å². The van der Waals surface area contributed by atoms with Gasteiger partial charge in [-0.05, 0) is 37.6 Å². The minimum Gasteiger partial charge on any atom is -0.496 e. The number of benzene rings is 2. The summed E-state index contributed by atoms with van der Waals surface area (Å²) in [6, 6.07) is 11.6. The Morgan fingerprint density at radius 1 is 1.10 bits per heavy atom. The van der Waals surface area contributed by atoms with E-state index in [4.69, 9.17) is 14.7 Å². The molecule has 1 aliphatic heterocycles. The highest BCUT2D eigenvalue weighted by atomic mass is 19.1. The van der Waals surface area contributed by atoms with Crippen LogP contribution < -0.4 is 9.47 Å². The van der Waals surface area contributed by atoms with Crippen molar-refractivity contribution < 1.29 is 18.3 Å². The van der Waals surface area contributed by atoms with Crippen molar-refractivity contribution in [3.8, 4) is 34.7 Å². The summed E-state index contributed by atoms with van der Waals surface area (Å²) >= 11 is 0. The molecule has 40 heavy (non-hydrogen) atoms. The molecular weight excluding hydrogens is 516 g/mol. The molecule has 0 N–H and O–H groups in total. The lowest BCUT2D eigenvalue weighted by Gasteiger charge is -2.35. The zero-order valence-corrected chi connectivity index (χ0v) is 21.9. The predicted molar refractivity (Wildman–Crippen MR) is 144 cm³/mol. The first-order valence-electron chi connectivity index (χ1n) is 12.8. The van der Waals surface area contributed by atoms with Gasteiger partial charge < -0.3 is 14.0 Å². The lowest BCUT2D eigenvalue weighted by atomic mass is 9.99. The van der Waals surface area contributed by atoms with Crippen molar-refractivity contribution in [2.24, 2.45) is 0 Å². The van der Waals surface area contributed by atoms with E-state index in [1.54, 1.807) is 48.9 Å². The summed E-state index contributed by atoms with van der Waals surface area (Å²) in [6.07, 6.45) is 4.06. The van der Waals surface area contributed by atoms with E-state index < -0.39 is 18.0 Å². The average molecular weight is 542 g/mol. The van der Waals surface area contributed by atoms with Crippen LogP contribution in [0.15, 0.2) is 55.0 Å². The molecule has 4 heterocycles. The summed E-state index contributed by atoms with van der Waals surface area (Å²) in [4.78, 5) is 19.0. The smallest absolute Gasteiger partial charge is 0.321 e. The van der Waals surface area contributed by atoms with Crippen molar-refractivity contribution in [1.29, 1.82) is 5.26 Å². The summed E-state index contributed by atoms with van der Waals surface area (Å²) < 4.78 is 44.2. The number of piperidine rings is 1. The zero-order chi connectivity index (χ0) is 27.8. The number of aryl methyl sites for hydroxylation is 1. The molecular formula is C29H25F2N7O2. The molecule has 1 aliphatic rings. The number of nitriles is 1. The van der Waals surface area contributed by atoms with Gasteiger partial charge in [-0.25, -0.2) is 23.7 Å². The number of aromatic nitrogens is 5. The lowest BCUT2D eigenvalue weighted by molar-refractivity contribution is 0.0996. The van der Waals surface area contributed by atoms with Crippen molar-refractivity contribution in [2.45, 2.75) is 25.6 Å². The first kappa shape index (κ1) is 25.6. The van der Waals surface area contributed by atoms with E-state index in [1.807, 2.05) is 16.4 Å². The van der Waals surface area contributed by atoms with Gasteiger partial charge >= 0.3 is 6.01 Å². The van der Waals surface area contributed by atoms with Gasteiger partial charge in [0.05, 0.1) is 43.0 Å². The van der Waals surface area contributed by atoms with Gasteiger partial charge in [-0.3, -0.25) is 9.88 Å². The normalized spacial score (nSPS) is 17.7. The van der Waals surface area contributed by atoms with E-state index in [9.17, 15) is 0 Å². The second kappa shape index (κ2) is 10.5.